The number of aromatic hydroxyl groups is 1. The predicted molar refractivity (Wildman–Crippen MR) is 327 cm³/mol. The Kier molecular flexibility index (Phi) is 27.6. The molecule has 10 atom stereocenters. The van der Waals surface area contributed by atoms with Gasteiger partial charge in [0.2, 0.25) is 59.1 Å². The van der Waals surface area contributed by atoms with Gasteiger partial charge in [-0.25, -0.2) is 0 Å². The van der Waals surface area contributed by atoms with Gasteiger partial charge in [-0.05, 0) is 73.8 Å². The lowest BCUT2D eigenvalue weighted by Gasteiger charge is -2.30. The summed E-state index contributed by atoms with van der Waals surface area (Å²) in [6, 6.07) is 3.88. The monoisotopic (exact) mass is 1230 g/mol. The molecule has 0 unspecified atom stereocenters. The number of hydrogen-bond donors (Lipinski definition) is 15. The van der Waals surface area contributed by atoms with Crippen molar-refractivity contribution in [2.75, 3.05) is 32.4 Å². The van der Waals surface area contributed by atoms with Crippen molar-refractivity contribution in [3.05, 3.63) is 65.9 Å². The van der Waals surface area contributed by atoms with Crippen LogP contribution in [0.25, 0.3) is 10.9 Å². The first-order valence-electron chi connectivity index (χ1n) is 29.5. The second kappa shape index (κ2) is 34.4. The molecule has 18 N–H and O–H groups in total. The number of phenolic OH excluding ortho intramolecular Hbond substituents is 1. The molecule has 478 valence electrons. The van der Waals surface area contributed by atoms with E-state index in [0.717, 1.165) is 53.5 Å². The molecule has 0 radical (unpaired) electrons. The van der Waals surface area contributed by atoms with Gasteiger partial charge in [-0.3, -0.25) is 52.9 Å². The van der Waals surface area contributed by atoms with Crippen LogP contribution in [0.5, 0.6) is 5.75 Å². The molecule has 27 nitrogen and oxygen atoms in total. The van der Waals surface area contributed by atoms with Crippen LogP contribution in [0.3, 0.4) is 0 Å². The van der Waals surface area contributed by atoms with Crippen molar-refractivity contribution in [2.24, 2.45) is 34.0 Å². The number of nitrogens with one attached hydrogen (secondary N) is 9. The van der Waals surface area contributed by atoms with Crippen molar-refractivity contribution in [3.8, 4) is 5.75 Å². The molecule has 0 spiro atoms. The Bertz CT molecular complexity index is 2880. The summed E-state index contributed by atoms with van der Waals surface area (Å²) >= 11 is 1.25. The highest BCUT2D eigenvalue weighted by molar-refractivity contribution is 8.00. The number of carbonyl (C=O) groups is 10. The average Bonchev–Trinajstić information content (AvgIpc) is 3.52. The number of thioether (sulfide) groups is 1. The minimum atomic E-state index is -1.76. The van der Waals surface area contributed by atoms with Gasteiger partial charge in [-0.15, -0.1) is 11.8 Å². The second-order valence-corrected chi connectivity index (χ2v) is 24.1. The molecule has 0 bridgehead atoms. The number of aromatic nitrogens is 1. The molecule has 87 heavy (non-hydrogen) atoms. The number of phenols is 1. The van der Waals surface area contributed by atoms with E-state index in [-0.39, 0.29) is 74.5 Å². The fourth-order valence-electron chi connectivity index (χ4n) is 10.7. The van der Waals surface area contributed by atoms with Gasteiger partial charge >= 0.3 is 0 Å². The highest BCUT2D eigenvalue weighted by Crippen LogP contribution is 2.28. The zero-order chi connectivity index (χ0) is 63.9. The maximum Gasteiger partial charge on any atom is 0.246 e. The van der Waals surface area contributed by atoms with Gasteiger partial charge < -0.3 is 84.9 Å². The van der Waals surface area contributed by atoms with Gasteiger partial charge in [0, 0.05) is 75.7 Å². The quantitative estimate of drug-likeness (QED) is 0.0194. The lowest BCUT2D eigenvalue weighted by Crippen LogP contribution is -2.61. The van der Waals surface area contributed by atoms with E-state index in [1.807, 2.05) is 38.1 Å². The van der Waals surface area contributed by atoms with E-state index in [4.69, 9.17) is 17.2 Å². The van der Waals surface area contributed by atoms with Gasteiger partial charge in [0.05, 0.1) is 23.9 Å². The van der Waals surface area contributed by atoms with Crippen molar-refractivity contribution in [1.82, 2.24) is 52.4 Å². The number of aromatic amines is 1. The van der Waals surface area contributed by atoms with Crippen molar-refractivity contribution >= 4 is 87.7 Å². The molecule has 1 aliphatic carbocycles. The SMILES string of the molecule is CN=C(N)NCCC[C@H](NC(=O)[C@H](CC(C)C)SCCNC(=O)[C@H](CC1CCCCC1)NC(=O)[C@@H](NC(=O)[C@H](CC(N)=O)NC(=O)[C@@H]1C[C@@H](O)CN1C(=O)[C@@H](Cc1ccc(O)cc1)NC(C)=O)[C@@H](C)O)C(=O)N[C@@H](Cc1c[nH]c2ccccc12)C(N)=O. The summed E-state index contributed by atoms with van der Waals surface area (Å²) in [7, 11) is 1.52. The molecular formula is C59H88N14O13S. The Labute approximate surface area is 510 Å². The van der Waals surface area contributed by atoms with Gasteiger partial charge in [0.1, 0.15) is 48.0 Å². The number of β-amino-alcohol motifs (C(OH)–C–C–N with tert-alkyl or cyclic N) is 1. The molecule has 1 saturated carbocycles. The average molecular weight is 1230 g/mol. The van der Waals surface area contributed by atoms with Crippen LogP contribution in [0.1, 0.15) is 109 Å². The zero-order valence-electron chi connectivity index (χ0n) is 50.1. The number of fused-ring (bicyclic) bond motifs is 1. The zero-order valence-corrected chi connectivity index (χ0v) is 50.9. The minimum absolute atomic E-state index is 0.0207. The summed E-state index contributed by atoms with van der Waals surface area (Å²) in [4.78, 5) is 144. The molecule has 2 aromatic carbocycles. The van der Waals surface area contributed by atoms with E-state index >= 15 is 0 Å². The number of aliphatic hydroxyl groups is 2. The first-order chi connectivity index (χ1) is 41.3. The fourth-order valence-corrected chi connectivity index (χ4v) is 12.0. The third-order valence-corrected chi connectivity index (χ3v) is 16.5. The number of hydrogen-bond acceptors (Lipinski definition) is 15. The standard InChI is InChI=1S/C59H88N14O13S/c1-32(2)24-48(56(84)68-42(16-11-21-65-59(62)63-5)53(81)69-43(51(61)79)27-37-30-66-41-15-10-9-14-40(37)41)87-23-22-64-52(80)44(25-35-12-7-6-8-13-35)71-57(85)50(33(3)74)72-54(82)45(29-49(60)78)70-55(83)47-28-39(77)31-73(47)58(86)46(67-34(4)75)26-36-17-19-38(76)20-18-36/h9-10,14-15,17-20,30,32-33,35,39,42-48,50,66,74,76-77H,6-8,11-13,16,21-29,31H2,1-5H3,(H2,60,78)(H2,61,79)(H,64,80)(H,67,75)(H,68,84)(H,69,81)(H,70,83)(H,71,85)(H,72,82)(H3,62,63,65)/t33-,39-,42+,43+,44+,45+,46-,47+,48+,50+/m1/s1. The molecule has 2 aliphatic rings. The molecular weight excluding hydrogens is 1140 g/mol. The second-order valence-electron chi connectivity index (χ2n) is 22.8. The van der Waals surface area contributed by atoms with Gasteiger partial charge in [-0.2, -0.15) is 0 Å². The van der Waals surface area contributed by atoms with Crippen LogP contribution >= 0.6 is 11.8 Å². The maximum absolute atomic E-state index is 14.2. The van der Waals surface area contributed by atoms with Crippen LogP contribution in [0.2, 0.25) is 0 Å². The Morgan fingerprint density at radius 1 is 0.747 bits per heavy atom. The smallest absolute Gasteiger partial charge is 0.246 e. The lowest BCUT2D eigenvalue weighted by atomic mass is 9.84. The number of rotatable bonds is 33. The molecule has 1 aliphatic heterocycles. The Balaban J connectivity index is 1.25. The van der Waals surface area contributed by atoms with E-state index in [1.165, 1.54) is 44.8 Å². The number of carbonyl (C=O) groups excluding carboxylic acids is 10. The van der Waals surface area contributed by atoms with Crippen molar-refractivity contribution in [1.29, 1.82) is 0 Å². The van der Waals surface area contributed by atoms with Crippen LogP contribution < -0.4 is 59.7 Å². The number of nitrogens with zero attached hydrogens (tertiary/aromatic N) is 2. The van der Waals surface area contributed by atoms with E-state index in [1.54, 1.807) is 18.3 Å². The number of guanidine groups is 1. The summed E-state index contributed by atoms with van der Waals surface area (Å²) in [5.41, 5.74) is 19.3. The molecule has 5 rings (SSSR count). The third-order valence-electron chi connectivity index (χ3n) is 15.3. The molecule has 2 fully saturated rings. The van der Waals surface area contributed by atoms with Gasteiger partial charge in [0.15, 0.2) is 5.96 Å². The number of amides is 10. The van der Waals surface area contributed by atoms with E-state index in [0.29, 0.717) is 24.9 Å². The number of aliphatic hydroxyl groups excluding tert-OH is 2. The lowest BCUT2D eigenvalue weighted by molar-refractivity contribution is -0.142. The summed E-state index contributed by atoms with van der Waals surface area (Å²) in [5, 5.41) is 53.1. The molecule has 2 heterocycles. The third kappa shape index (κ3) is 22.4. The number of benzene rings is 2. The normalized spacial score (nSPS) is 18.2. The van der Waals surface area contributed by atoms with Crippen molar-refractivity contribution in [2.45, 2.75) is 171 Å². The number of aliphatic imine (C=N–C) groups is 1. The molecule has 3 aromatic rings. The van der Waals surface area contributed by atoms with Crippen LogP contribution in [0.15, 0.2) is 59.7 Å². The summed E-state index contributed by atoms with van der Waals surface area (Å²) in [6.45, 7) is 6.31. The van der Waals surface area contributed by atoms with Crippen LogP contribution in [0, 0.1) is 11.8 Å². The van der Waals surface area contributed by atoms with Crippen LogP contribution in [-0.4, -0.2) is 182 Å². The number of para-hydroxylation sites is 1. The first-order valence-corrected chi connectivity index (χ1v) is 30.6. The molecule has 28 heteroatoms. The summed E-state index contributed by atoms with van der Waals surface area (Å²) < 4.78 is 0. The minimum Gasteiger partial charge on any atom is -0.508 e. The largest absolute Gasteiger partial charge is 0.508 e. The number of nitrogens with two attached hydrogens (primary N) is 3. The predicted octanol–water partition coefficient (Wildman–Crippen LogP) is -1.16. The topological polar surface area (TPSA) is 437 Å². The number of primary amides is 2. The van der Waals surface area contributed by atoms with Gasteiger partial charge in [-0.1, -0.05) is 76.3 Å². The highest BCUT2D eigenvalue weighted by atomic mass is 32.2. The maximum atomic E-state index is 14.2. The molecule has 10 amide bonds. The Hall–Kier alpha value is -7.98. The number of H-pyrrole nitrogens is 1. The Morgan fingerprint density at radius 2 is 1.41 bits per heavy atom. The van der Waals surface area contributed by atoms with E-state index < -0.39 is 125 Å². The first kappa shape index (κ1) is 69.8. The van der Waals surface area contributed by atoms with Crippen LogP contribution in [-0.2, 0) is 60.8 Å². The van der Waals surface area contributed by atoms with Crippen molar-refractivity contribution < 1.29 is 63.3 Å². The van der Waals surface area contributed by atoms with E-state index in [2.05, 4.69) is 52.5 Å². The van der Waals surface area contributed by atoms with E-state index in [9.17, 15) is 63.3 Å². The summed E-state index contributed by atoms with van der Waals surface area (Å²) in [6.07, 6.45) is 3.40. The molecule has 1 saturated heterocycles. The molecule has 1 aromatic heterocycles. The van der Waals surface area contributed by atoms with Crippen LogP contribution in [0.4, 0.5) is 0 Å². The highest BCUT2D eigenvalue weighted by Gasteiger charge is 2.43. The summed E-state index contributed by atoms with van der Waals surface area (Å²) in [5.74, 6) is -7.40. The number of likely N-dealkylation sites (tertiary alicyclic amines) is 1. The fraction of sp³-hybridized carbons (Fsp3) is 0.576. The van der Waals surface area contributed by atoms with Gasteiger partial charge in [0.25, 0.3) is 0 Å². The van der Waals surface area contributed by atoms with Crippen molar-refractivity contribution in [3.63, 3.8) is 0 Å². The Morgan fingerprint density at radius 3 is 2.06 bits per heavy atom.